The molecule has 0 spiro atoms. The van der Waals surface area contributed by atoms with Crippen LogP contribution in [0.1, 0.15) is 12.6 Å². The molecule has 2 N–H and O–H groups in total. The van der Waals surface area contributed by atoms with Crippen molar-refractivity contribution in [2.45, 2.75) is 26.2 Å². The summed E-state index contributed by atoms with van der Waals surface area (Å²) < 4.78 is 33.7. The standard InChI is InChI=1S/C13H18F2N4O2.HI/c1-9-8-19(4-5-20-9)13(16)18-6-10-2-3-11(7-17-10)21-12(14)15;/h2-3,7,9,12H,4-6,8H2,1H3,(H2,16,18);1H. The van der Waals surface area contributed by atoms with Gasteiger partial charge in [0.25, 0.3) is 0 Å². The SMILES string of the molecule is CC1CN(C(N)=NCc2ccc(OC(F)F)cn2)CCO1.I. The summed E-state index contributed by atoms with van der Waals surface area (Å²) in [5, 5.41) is 0. The van der Waals surface area contributed by atoms with Crippen molar-refractivity contribution in [1.29, 1.82) is 0 Å². The van der Waals surface area contributed by atoms with E-state index in [0.29, 0.717) is 31.3 Å². The highest BCUT2D eigenvalue weighted by atomic mass is 127. The number of morpholine rings is 1. The summed E-state index contributed by atoms with van der Waals surface area (Å²) in [6, 6.07) is 3.01. The molecule has 1 aliphatic heterocycles. The summed E-state index contributed by atoms with van der Waals surface area (Å²) >= 11 is 0. The molecular weight excluding hydrogens is 409 g/mol. The van der Waals surface area contributed by atoms with Gasteiger partial charge in [0.2, 0.25) is 0 Å². The average Bonchev–Trinajstić information content (AvgIpc) is 2.45. The normalized spacial score (nSPS) is 19.0. The molecule has 0 amide bonds. The van der Waals surface area contributed by atoms with Gasteiger partial charge in [0, 0.05) is 13.1 Å². The van der Waals surface area contributed by atoms with Crippen molar-refractivity contribution in [3.8, 4) is 5.75 Å². The molecule has 0 aliphatic carbocycles. The van der Waals surface area contributed by atoms with Crippen molar-refractivity contribution < 1.29 is 18.3 Å². The molecule has 124 valence electrons. The van der Waals surface area contributed by atoms with Crippen LogP contribution < -0.4 is 10.5 Å². The lowest BCUT2D eigenvalue weighted by Gasteiger charge is -2.31. The van der Waals surface area contributed by atoms with Crippen LogP contribution in [0.15, 0.2) is 23.3 Å². The largest absolute Gasteiger partial charge is 0.433 e. The van der Waals surface area contributed by atoms with E-state index in [1.165, 1.54) is 12.3 Å². The summed E-state index contributed by atoms with van der Waals surface area (Å²) in [6.45, 7) is 1.43. The van der Waals surface area contributed by atoms with Crippen LogP contribution in [0.5, 0.6) is 5.75 Å². The maximum Gasteiger partial charge on any atom is 0.387 e. The number of aromatic nitrogens is 1. The Bertz CT molecular complexity index is 487. The smallest absolute Gasteiger partial charge is 0.387 e. The number of aliphatic imine (C=N–C) groups is 1. The molecular formula is C13H19F2IN4O2. The molecule has 2 heterocycles. The summed E-state index contributed by atoms with van der Waals surface area (Å²) in [5.41, 5.74) is 6.55. The maximum absolute atomic E-state index is 12.0. The molecule has 0 saturated carbocycles. The number of halogens is 3. The highest BCUT2D eigenvalue weighted by Crippen LogP contribution is 2.13. The van der Waals surface area contributed by atoms with Crippen LogP contribution in [-0.4, -0.2) is 48.3 Å². The topological polar surface area (TPSA) is 73.0 Å². The highest BCUT2D eigenvalue weighted by molar-refractivity contribution is 14.0. The molecule has 6 nitrogen and oxygen atoms in total. The second kappa shape index (κ2) is 9.03. The fraction of sp³-hybridized carbons (Fsp3) is 0.538. The molecule has 0 radical (unpaired) electrons. The second-order valence-corrected chi connectivity index (χ2v) is 4.67. The van der Waals surface area contributed by atoms with Gasteiger partial charge in [-0.1, -0.05) is 0 Å². The van der Waals surface area contributed by atoms with Gasteiger partial charge in [-0.05, 0) is 19.1 Å². The second-order valence-electron chi connectivity index (χ2n) is 4.67. The molecule has 22 heavy (non-hydrogen) atoms. The lowest BCUT2D eigenvalue weighted by Crippen LogP contribution is -2.47. The fourth-order valence-corrected chi connectivity index (χ4v) is 1.97. The lowest BCUT2D eigenvalue weighted by atomic mass is 10.3. The number of nitrogens with zero attached hydrogens (tertiary/aromatic N) is 3. The number of rotatable bonds is 4. The zero-order chi connectivity index (χ0) is 15.2. The number of ether oxygens (including phenoxy) is 2. The number of pyridine rings is 1. The first-order chi connectivity index (χ1) is 10.0. The Morgan fingerprint density at radius 2 is 2.36 bits per heavy atom. The van der Waals surface area contributed by atoms with E-state index < -0.39 is 6.61 Å². The Hall–Kier alpha value is -1.23. The van der Waals surface area contributed by atoms with Crippen molar-refractivity contribution in [3.63, 3.8) is 0 Å². The first kappa shape index (κ1) is 18.8. The third-order valence-corrected chi connectivity index (χ3v) is 2.99. The Balaban J connectivity index is 0.00000242. The summed E-state index contributed by atoms with van der Waals surface area (Å²) in [7, 11) is 0. The van der Waals surface area contributed by atoms with Gasteiger partial charge in [0.15, 0.2) is 5.96 Å². The van der Waals surface area contributed by atoms with Crippen molar-refractivity contribution in [2.24, 2.45) is 10.7 Å². The Morgan fingerprint density at radius 1 is 1.59 bits per heavy atom. The van der Waals surface area contributed by atoms with Gasteiger partial charge in [0.05, 0.1) is 31.1 Å². The van der Waals surface area contributed by atoms with Crippen LogP contribution >= 0.6 is 24.0 Å². The minimum Gasteiger partial charge on any atom is -0.433 e. The van der Waals surface area contributed by atoms with E-state index in [9.17, 15) is 8.78 Å². The third kappa shape index (κ3) is 5.87. The van der Waals surface area contributed by atoms with E-state index in [1.807, 2.05) is 11.8 Å². The van der Waals surface area contributed by atoms with Crippen molar-refractivity contribution >= 4 is 29.9 Å². The molecule has 0 bridgehead atoms. The molecule has 1 saturated heterocycles. The summed E-state index contributed by atoms with van der Waals surface area (Å²) in [6.07, 6.45) is 1.36. The maximum atomic E-state index is 12.0. The van der Waals surface area contributed by atoms with Gasteiger partial charge in [-0.25, -0.2) is 4.99 Å². The summed E-state index contributed by atoms with van der Waals surface area (Å²) in [4.78, 5) is 10.2. The highest BCUT2D eigenvalue weighted by Gasteiger charge is 2.17. The Morgan fingerprint density at radius 3 is 2.95 bits per heavy atom. The van der Waals surface area contributed by atoms with Crippen LogP contribution in [0.4, 0.5) is 8.78 Å². The van der Waals surface area contributed by atoms with Gasteiger partial charge in [0.1, 0.15) is 5.75 Å². The van der Waals surface area contributed by atoms with Crippen LogP contribution in [0, 0.1) is 0 Å². The molecule has 2 rings (SSSR count). The molecule has 1 aromatic heterocycles. The minimum absolute atomic E-state index is 0. The first-order valence-electron chi connectivity index (χ1n) is 6.61. The summed E-state index contributed by atoms with van der Waals surface area (Å²) in [5.74, 6) is 0.451. The Kier molecular flexibility index (Phi) is 7.73. The van der Waals surface area contributed by atoms with Crippen molar-refractivity contribution in [3.05, 3.63) is 24.0 Å². The van der Waals surface area contributed by atoms with Crippen LogP contribution in [0.25, 0.3) is 0 Å². The molecule has 0 aromatic carbocycles. The van der Waals surface area contributed by atoms with Gasteiger partial charge in [-0.2, -0.15) is 8.78 Å². The molecule has 1 atom stereocenters. The number of nitrogens with two attached hydrogens (primary N) is 1. The molecule has 1 aliphatic rings. The van der Waals surface area contributed by atoms with Gasteiger partial charge < -0.3 is 20.1 Å². The Labute approximate surface area is 144 Å². The molecule has 9 heteroatoms. The number of hydrogen-bond donors (Lipinski definition) is 1. The van der Waals surface area contributed by atoms with Gasteiger partial charge >= 0.3 is 6.61 Å². The zero-order valence-electron chi connectivity index (χ0n) is 12.1. The lowest BCUT2D eigenvalue weighted by molar-refractivity contribution is -0.0500. The molecule has 1 unspecified atom stereocenters. The van der Waals surface area contributed by atoms with E-state index in [4.69, 9.17) is 10.5 Å². The molecule has 1 aromatic rings. The van der Waals surface area contributed by atoms with E-state index in [1.54, 1.807) is 6.07 Å². The van der Waals surface area contributed by atoms with Crippen LogP contribution in [-0.2, 0) is 11.3 Å². The number of alkyl halides is 2. The number of hydrogen-bond acceptors (Lipinski definition) is 4. The monoisotopic (exact) mass is 428 g/mol. The van der Waals surface area contributed by atoms with E-state index >= 15 is 0 Å². The fourth-order valence-electron chi connectivity index (χ4n) is 1.97. The van der Waals surface area contributed by atoms with Crippen LogP contribution in [0.3, 0.4) is 0 Å². The zero-order valence-corrected chi connectivity index (χ0v) is 14.4. The van der Waals surface area contributed by atoms with Gasteiger partial charge in [-0.3, -0.25) is 4.98 Å². The number of guanidine groups is 1. The average molecular weight is 428 g/mol. The quantitative estimate of drug-likeness (QED) is 0.450. The van der Waals surface area contributed by atoms with Crippen LogP contribution in [0.2, 0.25) is 0 Å². The predicted octanol–water partition coefficient (Wildman–Crippen LogP) is 1.84. The van der Waals surface area contributed by atoms with Crippen molar-refractivity contribution in [2.75, 3.05) is 19.7 Å². The van der Waals surface area contributed by atoms with E-state index in [2.05, 4.69) is 14.7 Å². The van der Waals surface area contributed by atoms with E-state index in [0.717, 1.165) is 0 Å². The minimum atomic E-state index is -2.85. The van der Waals surface area contributed by atoms with Gasteiger partial charge in [-0.15, -0.1) is 24.0 Å². The molecule has 1 fully saturated rings. The first-order valence-corrected chi connectivity index (χ1v) is 6.61. The third-order valence-electron chi connectivity index (χ3n) is 2.99. The van der Waals surface area contributed by atoms with E-state index in [-0.39, 0.29) is 42.4 Å². The van der Waals surface area contributed by atoms with Crippen molar-refractivity contribution in [1.82, 2.24) is 9.88 Å². The predicted molar refractivity (Wildman–Crippen MR) is 88.6 cm³/mol.